The molecule has 152 valence electrons. The second kappa shape index (κ2) is 10.6. The number of anilines is 1. The third-order valence-electron chi connectivity index (χ3n) is 4.50. The fraction of sp³-hybridized carbons (Fsp3) is 0.476. The van der Waals surface area contributed by atoms with Crippen LogP contribution in [-0.2, 0) is 11.2 Å². The molecule has 2 N–H and O–H groups in total. The lowest BCUT2D eigenvalue weighted by atomic mass is 10.1. The van der Waals surface area contributed by atoms with Gasteiger partial charge in [0, 0.05) is 43.8 Å². The summed E-state index contributed by atoms with van der Waals surface area (Å²) >= 11 is 0. The van der Waals surface area contributed by atoms with E-state index >= 15 is 0 Å². The van der Waals surface area contributed by atoms with Crippen molar-refractivity contribution in [2.24, 2.45) is 10.9 Å². The van der Waals surface area contributed by atoms with Gasteiger partial charge >= 0.3 is 0 Å². The van der Waals surface area contributed by atoms with E-state index in [0.717, 1.165) is 56.6 Å². The molecule has 0 aliphatic carbocycles. The molecular formula is C21H29N3O4. The first-order valence-corrected chi connectivity index (χ1v) is 9.74. The Morgan fingerprint density at radius 3 is 2.93 bits per heavy atom. The fourth-order valence-electron chi connectivity index (χ4n) is 3.01. The second-order valence-corrected chi connectivity index (χ2v) is 6.60. The third-order valence-corrected chi connectivity index (χ3v) is 4.50. The molecule has 1 aliphatic heterocycles. The van der Waals surface area contributed by atoms with Crippen LogP contribution in [0, 0.1) is 5.92 Å². The number of guanidine groups is 1. The zero-order chi connectivity index (χ0) is 19.6. The number of rotatable bonds is 9. The molecule has 0 bridgehead atoms. The topological polar surface area (TPSA) is 77.2 Å². The number of hydrogen-bond donors (Lipinski definition) is 2. The lowest BCUT2D eigenvalue weighted by Gasteiger charge is -2.15. The van der Waals surface area contributed by atoms with Gasteiger partial charge in [0.15, 0.2) is 17.5 Å². The zero-order valence-corrected chi connectivity index (χ0v) is 16.6. The highest BCUT2D eigenvalue weighted by molar-refractivity contribution is 5.94. The lowest BCUT2D eigenvalue weighted by Crippen LogP contribution is -2.33. The molecule has 1 aliphatic rings. The molecule has 0 radical (unpaired) electrons. The number of ether oxygens (including phenoxy) is 3. The molecule has 7 heteroatoms. The van der Waals surface area contributed by atoms with Gasteiger partial charge in [0.2, 0.25) is 0 Å². The standard InChI is InChI=1S/C21H29N3O4/c1-3-27-20-13-17(6-7-19(20)25-2)24-21(23-14-16-9-12-26-15-16)22-10-8-18-5-4-11-28-18/h4-7,11,13,16H,3,8-10,12,14-15H2,1-2H3,(H2,22,23,24). The van der Waals surface area contributed by atoms with Crippen LogP contribution >= 0.6 is 0 Å². The fourth-order valence-corrected chi connectivity index (χ4v) is 3.01. The van der Waals surface area contributed by atoms with E-state index in [2.05, 4.69) is 10.6 Å². The van der Waals surface area contributed by atoms with Crippen molar-refractivity contribution in [3.8, 4) is 11.5 Å². The van der Waals surface area contributed by atoms with Crippen LogP contribution in [0.2, 0.25) is 0 Å². The van der Waals surface area contributed by atoms with Gasteiger partial charge < -0.3 is 29.3 Å². The van der Waals surface area contributed by atoms with E-state index < -0.39 is 0 Å². The molecule has 1 atom stereocenters. The van der Waals surface area contributed by atoms with Crippen molar-refractivity contribution >= 4 is 11.6 Å². The van der Waals surface area contributed by atoms with Crippen molar-refractivity contribution in [2.75, 3.05) is 45.3 Å². The first kappa shape index (κ1) is 20.1. The molecule has 1 aromatic heterocycles. The van der Waals surface area contributed by atoms with Gasteiger partial charge in [0.25, 0.3) is 0 Å². The van der Waals surface area contributed by atoms with Crippen LogP contribution < -0.4 is 20.1 Å². The van der Waals surface area contributed by atoms with Crippen molar-refractivity contribution in [3.05, 3.63) is 42.4 Å². The van der Waals surface area contributed by atoms with E-state index in [1.54, 1.807) is 13.4 Å². The lowest BCUT2D eigenvalue weighted by molar-refractivity contribution is 0.187. The number of benzene rings is 1. The molecule has 0 spiro atoms. The number of furan rings is 1. The Balaban J connectivity index is 1.66. The predicted octanol–water partition coefficient (Wildman–Crippen LogP) is 3.32. The van der Waals surface area contributed by atoms with Crippen LogP contribution in [0.25, 0.3) is 0 Å². The van der Waals surface area contributed by atoms with Gasteiger partial charge in [-0.05, 0) is 37.6 Å². The number of aliphatic imine (C=N–C) groups is 1. The first-order chi connectivity index (χ1) is 13.8. The summed E-state index contributed by atoms with van der Waals surface area (Å²) in [6.45, 7) is 5.57. The summed E-state index contributed by atoms with van der Waals surface area (Å²) in [5, 5.41) is 6.74. The van der Waals surface area contributed by atoms with Crippen molar-refractivity contribution in [1.82, 2.24) is 5.32 Å². The van der Waals surface area contributed by atoms with Crippen molar-refractivity contribution in [3.63, 3.8) is 0 Å². The maximum absolute atomic E-state index is 5.67. The first-order valence-electron chi connectivity index (χ1n) is 9.74. The van der Waals surface area contributed by atoms with E-state index in [0.29, 0.717) is 24.0 Å². The summed E-state index contributed by atoms with van der Waals surface area (Å²) < 4.78 is 21.9. The number of hydrogen-bond acceptors (Lipinski definition) is 5. The average molecular weight is 387 g/mol. The number of nitrogens with zero attached hydrogens (tertiary/aromatic N) is 1. The van der Waals surface area contributed by atoms with Crippen molar-refractivity contribution in [1.29, 1.82) is 0 Å². The maximum Gasteiger partial charge on any atom is 0.195 e. The van der Waals surface area contributed by atoms with E-state index in [1.165, 1.54) is 0 Å². The SMILES string of the molecule is CCOc1cc(NC(=NCC2CCOC2)NCCc2ccco2)ccc1OC. The van der Waals surface area contributed by atoms with Crippen LogP contribution in [0.3, 0.4) is 0 Å². The van der Waals surface area contributed by atoms with Crippen LogP contribution in [0.4, 0.5) is 5.69 Å². The molecule has 7 nitrogen and oxygen atoms in total. The zero-order valence-electron chi connectivity index (χ0n) is 16.6. The maximum atomic E-state index is 5.67. The van der Waals surface area contributed by atoms with Gasteiger partial charge in [0.1, 0.15) is 5.76 Å². The quantitative estimate of drug-likeness (QED) is 0.508. The molecule has 1 fully saturated rings. The molecule has 1 saturated heterocycles. The molecule has 2 heterocycles. The summed E-state index contributed by atoms with van der Waals surface area (Å²) in [6, 6.07) is 9.63. The van der Waals surface area contributed by atoms with Gasteiger partial charge in [-0.2, -0.15) is 0 Å². The summed E-state index contributed by atoms with van der Waals surface area (Å²) in [7, 11) is 1.64. The largest absolute Gasteiger partial charge is 0.493 e. The van der Waals surface area contributed by atoms with Gasteiger partial charge in [-0.25, -0.2) is 0 Å². The Morgan fingerprint density at radius 1 is 1.29 bits per heavy atom. The van der Waals surface area contributed by atoms with E-state index in [4.69, 9.17) is 23.6 Å². The van der Waals surface area contributed by atoms with E-state index in [1.807, 2.05) is 37.3 Å². The summed E-state index contributed by atoms with van der Waals surface area (Å²) in [6.07, 6.45) is 3.53. The average Bonchev–Trinajstić information content (AvgIpc) is 3.41. The highest BCUT2D eigenvalue weighted by Gasteiger charge is 2.15. The second-order valence-electron chi connectivity index (χ2n) is 6.60. The molecule has 1 unspecified atom stereocenters. The molecule has 3 rings (SSSR count). The van der Waals surface area contributed by atoms with E-state index in [-0.39, 0.29) is 0 Å². The Morgan fingerprint density at radius 2 is 2.21 bits per heavy atom. The Bertz CT molecular complexity index is 740. The number of methoxy groups -OCH3 is 1. The monoisotopic (exact) mass is 387 g/mol. The molecular weight excluding hydrogens is 358 g/mol. The van der Waals surface area contributed by atoms with Gasteiger partial charge in [-0.1, -0.05) is 0 Å². The smallest absolute Gasteiger partial charge is 0.195 e. The van der Waals surface area contributed by atoms with Crippen LogP contribution in [-0.4, -0.2) is 46.0 Å². The summed E-state index contributed by atoms with van der Waals surface area (Å²) in [4.78, 5) is 4.75. The molecule has 0 amide bonds. The van der Waals surface area contributed by atoms with Crippen molar-refractivity contribution < 1.29 is 18.6 Å². The third kappa shape index (κ3) is 5.92. The summed E-state index contributed by atoms with van der Waals surface area (Å²) in [5.41, 5.74) is 0.885. The van der Waals surface area contributed by atoms with E-state index in [9.17, 15) is 0 Å². The van der Waals surface area contributed by atoms with Gasteiger partial charge in [-0.3, -0.25) is 4.99 Å². The molecule has 28 heavy (non-hydrogen) atoms. The normalized spacial score (nSPS) is 16.8. The Kier molecular flexibility index (Phi) is 7.61. The van der Waals surface area contributed by atoms with Crippen LogP contribution in [0.5, 0.6) is 11.5 Å². The highest BCUT2D eigenvalue weighted by Crippen LogP contribution is 2.30. The minimum Gasteiger partial charge on any atom is -0.493 e. The molecule has 1 aromatic carbocycles. The van der Waals surface area contributed by atoms with Crippen LogP contribution in [0.1, 0.15) is 19.1 Å². The minimum absolute atomic E-state index is 0.471. The van der Waals surface area contributed by atoms with Crippen LogP contribution in [0.15, 0.2) is 46.0 Å². The highest BCUT2D eigenvalue weighted by atomic mass is 16.5. The molecule has 0 saturated carbocycles. The van der Waals surface area contributed by atoms with Crippen molar-refractivity contribution in [2.45, 2.75) is 19.8 Å². The minimum atomic E-state index is 0.471. The molecule has 2 aromatic rings. The summed E-state index contributed by atoms with van der Waals surface area (Å²) in [5.74, 6) is 3.55. The Hall–Kier alpha value is -2.67. The van der Waals surface area contributed by atoms with Gasteiger partial charge in [0.05, 0.1) is 26.6 Å². The Labute approximate surface area is 166 Å². The predicted molar refractivity (Wildman–Crippen MR) is 109 cm³/mol. The van der Waals surface area contributed by atoms with Gasteiger partial charge in [-0.15, -0.1) is 0 Å². The number of nitrogens with one attached hydrogen (secondary N) is 2.